The van der Waals surface area contributed by atoms with E-state index in [9.17, 15) is 4.79 Å². The summed E-state index contributed by atoms with van der Waals surface area (Å²) in [5.41, 5.74) is 1.13. The molecule has 0 fully saturated rings. The average molecular weight is 301 g/mol. The molecule has 1 rings (SSSR count). The van der Waals surface area contributed by atoms with E-state index in [4.69, 9.17) is 4.74 Å². The van der Waals surface area contributed by atoms with Gasteiger partial charge in [-0.2, -0.15) is 0 Å². The summed E-state index contributed by atoms with van der Waals surface area (Å²) in [4.78, 5) is 15.3. The third-order valence-electron chi connectivity index (χ3n) is 2.24. The number of aryl methyl sites for hydroxylation is 1. The number of anilines is 1. The van der Waals surface area contributed by atoms with Gasteiger partial charge < -0.3 is 10.1 Å². The van der Waals surface area contributed by atoms with Gasteiger partial charge in [0, 0.05) is 19.2 Å². The highest BCUT2D eigenvalue weighted by Gasteiger charge is 2.04. The van der Waals surface area contributed by atoms with E-state index in [0.717, 1.165) is 22.3 Å². The highest BCUT2D eigenvalue weighted by Crippen LogP contribution is 2.22. The Morgan fingerprint density at radius 3 is 3.06 bits per heavy atom. The highest BCUT2D eigenvalue weighted by molar-refractivity contribution is 9.10. The van der Waals surface area contributed by atoms with Crippen molar-refractivity contribution < 1.29 is 9.53 Å². The second-order valence-corrected chi connectivity index (χ2v) is 4.42. The number of rotatable bonds is 6. The minimum atomic E-state index is -0.148. The lowest BCUT2D eigenvalue weighted by atomic mass is 10.3. The Kier molecular flexibility index (Phi) is 5.97. The molecule has 0 spiro atoms. The highest BCUT2D eigenvalue weighted by atomic mass is 79.9. The third-order valence-corrected chi connectivity index (χ3v) is 3.24. The molecule has 94 valence electrons. The van der Waals surface area contributed by atoms with E-state index in [1.165, 1.54) is 0 Å². The fraction of sp³-hybridized carbons (Fsp3) is 0.500. The summed E-state index contributed by atoms with van der Waals surface area (Å²) in [5, 5.41) is 3.19. The van der Waals surface area contributed by atoms with Crippen molar-refractivity contribution in [2.45, 2.75) is 26.7 Å². The molecule has 1 heterocycles. The Morgan fingerprint density at radius 1 is 1.59 bits per heavy atom. The molecule has 0 radical (unpaired) electrons. The van der Waals surface area contributed by atoms with Crippen LogP contribution in [-0.4, -0.2) is 24.1 Å². The summed E-state index contributed by atoms with van der Waals surface area (Å²) < 4.78 is 5.81. The molecule has 5 heteroatoms. The number of ether oxygens (including phenoxy) is 1. The van der Waals surface area contributed by atoms with Crippen molar-refractivity contribution in [2.24, 2.45) is 0 Å². The van der Waals surface area contributed by atoms with Crippen LogP contribution in [0.15, 0.2) is 16.7 Å². The lowest BCUT2D eigenvalue weighted by Gasteiger charge is -2.08. The number of aromatic nitrogens is 1. The predicted molar refractivity (Wildman–Crippen MR) is 71.0 cm³/mol. The lowest BCUT2D eigenvalue weighted by Crippen LogP contribution is -2.09. The van der Waals surface area contributed by atoms with Crippen LogP contribution in [0.25, 0.3) is 0 Å². The van der Waals surface area contributed by atoms with Crippen LogP contribution in [0.1, 0.15) is 25.3 Å². The molecular weight excluding hydrogens is 284 g/mol. The van der Waals surface area contributed by atoms with Gasteiger partial charge in [0.15, 0.2) is 0 Å². The van der Waals surface area contributed by atoms with Gasteiger partial charge in [-0.3, -0.25) is 4.79 Å². The summed E-state index contributed by atoms with van der Waals surface area (Å²) in [6.07, 6.45) is 2.93. The number of hydrogen-bond acceptors (Lipinski definition) is 4. The Bertz CT molecular complexity index is 383. The number of nitrogens with one attached hydrogen (secondary N) is 1. The van der Waals surface area contributed by atoms with E-state index < -0.39 is 0 Å². The lowest BCUT2D eigenvalue weighted by molar-refractivity contribution is -0.143. The standard InChI is InChI=1S/C12H17BrN2O2/c1-3-17-10(16)5-4-7-14-12-11(13)9(2)6-8-15-12/h6,8H,3-5,7H2,1-2H3,(H,14,15). The van der Waals surface area contributed by atoms with Crippen LogP contribution in [0.4, 0.5) is 5.82 Å². The predicted octanol–water partition coefficient (Wildman–Crippen LogP) is 2.91. The second kappa shape index (κ2) is 7.27. The van der Waals surface area contributed by atoms with Crippen molar-refractivity contribution in [3.05, 3.63) is 22.3 Å². The molecule has 0 aliphatic rings. The number of nitrogens with zero attached hydrogens (tertiary/aromatic N) is 1. The molecule has 0 aliphatic heterocycles. The Morgan fingerprint density at radius 2 is 2.35 bits per heavy atom. The fourth-order valence-electron chi connectivity index (χ4n) is 1.34. The molecule has 4 nitrogen and oxygen atoms in total. The number of esters is 1. The molecule has 1 aromatic rings. The van der Waals surface area contributed by atoms with E-state index in [2.05, 4.69) is 26.2 Å². The van der Waals surface area contributed by atoms with Crippen LogP contribution in [-0.2, 0) is 9.53 Å². The van der Waals surface area contributed by atoms with Gasteiger partial charge in [0.1, 0.15) is 5.82 Å². The second-order valence-electron chi connectivity index (χ2n) is 3.63. The van der Waals surface area contributed by atoms with Crippen molar-refractivity contribution in [1.29, 1.82) is 0 Å². The van der Waals surface area contributed by atoms with Crippen molar-refractivity contribution in [3.8, 4) is 0 Å². The summed E-state index contributed by atoms with van der Waals surface area (Å²) in [6, 6.07) is 1.94. The third kappa shape index (κ3) is 4.73. The summed E-state index contributed by atoms with van der Waals surface area (Å²) >= 11 is 3.47. The number of hydrogen-bond donors (Lipinski definition) is 1. The molecule has 0 amide bonds. The summed E-state index contributed by atoms with van der Waals surface area (Å²) in [7, 11) is 0. The smallest absolute Gasteiger partial charge is 0.305 e. The molecule has 1 aromatic heterocycles. The van der Waals surface area contributed by atoms with Gasteiger partial charge in [-0.15, -0.1) is 0 Å². The van der Waals surface area contributed by atoms with E-state index in [1.54, 1.807) is 6.20 Å². The van der Waals surface area contributed by atoms with Crippen LogP contribution in [0, 0.1) is 6.92 Å². The van der Waals surface area contributed by atoms with Crippen LogP contribution < -0.4 is 5.32 Å². The van der Waals surface area contributed by atoms with E-state index >= 15 is 0 Å². The summed E-state index contributed by atoms with van der Waals surface area (Å²) in [5.74, 6) is 0.666. The van der Waals surface area contributed by atoms with Gasteiger partial charge in [-0.25, -0.2) is 4.98 Å². The first kappa shape index (κ1) is 14.0. The zero-order valence-electron chi connectivity index (χ0n) is 10.1. The number of carbonyl (C=O) groups is 1. The number of pyridine rings is 1. The molecule has 0 saturated carbocycles. The first-order valence-electron chi connectivity index (χ1n) is 5.65. The first-order chi connectivity index (χ1) is 8.15. The molecule has 0 aliphatic carbocycles. The number of halogens is 1. The molecule has 0 atom stereocenters. The molecule has 0 bridgehead atoms. The van der Waals surface area contributed by atoms with Crippen LogP contribution in [0.2, 0.25) is 0 Å². The molecule has 1 N–H and O–H groups in total. The fourth-order valence-corrected chi connectivity index (χ4v) is 1.71. The van der Waals surface area contributed by atoms with Crippen molar-refractivity contribution in [1.82, 2.24) is 4.98 Å². The normalized spacial score (nSPS) is 10.1. The minimum absolute atomic E-state index is 0.148. The molecule has 0 aromatic carbocycles. The maximum absolute atomic E-state index is 11.1. The van der Waals surface area contributed by atoms with Gasteiger partial charge in [0.2, 0.25) is 0 Å². The maximum Gasteiger partial charge on any atom is 0.305 e. The van der Waals surface area contributed by atoms with Gasteiger partial charge in [-0.05, 0) is 47.8 Å². The van der Waals surface area contributed by atoms with Gasteiger partial charge >= 0.3 is 5.97 Å². The maximum atomic E-state index is 11.1. The Hall–Kier alpha value is -1.10. The Labute approximate surface area is 110 Å². The van der Waals surface area contributed by atoms with E-state index in [1.807, 2.05) is 19.9 Å². The van der Waals surface area contributed by atoms with E-state index in [-0.39, 0.29) is 5.97 Å². The van der Waals surface area contributed by atoms with Crippen LogP contribution in [0.3, 0.4) is 0 Å². The number of carbonyl (C=O) groups excluding carboxylic acids is 1. The zero-order valence-corrected chi connectivity index (χ0v) is 11.7. The zero-order chi connectivity index (χ0) is 12.7. The van der Waals surface area contributed by atoms with Gasteiger partial charge in [-0.1, -0.05) is 0 Å². The average Bonchev–Trinajstić information content (AvgIpc) is 2.30. The first-order valence-corrected chi connectivity index (χ1v) is 6.45. The van der Waals surface area contributed by atoms with Crippen molar-refractivity contribution in [2.75, 3.05) is 18.5 Å². The molecule has 0 unspecified atom stereocenters. The van der Waals surface area contributed by atoms with Crippen molar-refractivity contribution in [3.63, 3.8) is 0 Å². The molecular formula is C12H17BrN2O2. The van der Waals surface area contributed by atoms with E-state index in [0.29, 0.717) is 19.6 Å². The topological polar surface area (TPSA) is 51.2 Å². The quantitative estimate of drug-likeness (QED) is 0.648. The molecule has 17 heavy (non-hydrogen) atoms. The largest absolute Gasteiger partial charge is 0.466 e. The van der Waals surface area contributed by atoms with Crippen LogP contribution in [0.5, 0.6) is 0 Å². The van der Waals surface area contributed by atoms with Crippen LogP contribution >= 0.6 is 15.9 Å². The summed E-state index contributed by atoms with van der Waals surface area (Å²) in [6.45, 7) is 4.96. The van der Waals surface area contributed by atoms with Crippen molar-refractivity contribution >= 4 is 27.7 Å². The SMILES string of the molecule is CCOC(=O)CCCNc1nccc(C)c1Br. The van der Waals surface area contributed by atoms with Gasteiger partial charge in [0.05, 0.1) is 11.1 Å². The Balaban J connectivity index is 2.31. The van der Waals surface area contributed by atoms with Gasteiger partial charge in [0.25, 0.3) is 0 Å². The minimum Gasteiger partial charge on any atom is -0.466 e. The monoisotopic (exact) mass is 300 g/mol. The molecule has 0 saturated heterocycles.